The second-order valence-corrected chi connectivity index (χ2v) is 8.21. The number of rotatable bonds is 6. The van der Waals surface area contributed by atoms with E-state index in [1.807, 2.05) is 19.9 Å². The van der Waals surface area contributed by atoms with Crippen LogP contribution in [0.1, 0.15) is 23.6 Å². The summed E-state index contributed by atoms with van der Waals surface area (Å²) in [6.45, 7) is 5.70. The number of amides is 1. The molecule has 0 aliphatic carbocycles. The lowest BCUT2D eigenvalue weighted by atomic mass is 10.1. The molecule has 0 saturated carbocycles. The smallest absolute Gasteiger partial charge is 0.241 e. The van der Waals surface area contributed by atoms with Crippen LogP contribution in [0.15, 0.2) is 41.3 Å². The minimum absolute atomic E-state index is 0.140. The third-order valence-corrected chi connectivity index (χ3v) is 5.96. The third kappa shape index (κ3) is 4.40. The van der Waals surface area contributed by atoms with Crippen LogP contribution in [0.25, 0.3) is 0 Å². The Bertz CT molecular complexity index is 972. The molecule has 0 bridgehead atoms. The molecule has 2 N–H and O–H groups in total. The molecule has 1 aliphatic heterocycles. The van der Waals surface area contributed by atoms with E-state index in [-0.39, 0.29) is 18.2 Å². The number of ether oxygens (including phenoxy) is 2. The maximum Gasteiger partial charge on any atom is 0.241 e. The molecule has 0 fully saturated rings. The van der Waals surface area contributed by atoms with Crippen molar-refractivity contribution in [1.29, 1.82) is 0 Å². The highest BCUT2D eigenvalue weighted by atomic mass is 32.2. The predicted octanol–water partition coefficient (Wildman–Crippen LogP) is 2.02. The first-order chi connectivity index (χ1) is 12.8. The Kier molecular flexibility index (Phi) is 5.38. The van der Waals surface area contributed by atoms with Gasteiger partial charge in [0.25, 0.3) is 0 Å². The van der Waals surface area contributed by atoms with E-state index < -0.39 is 22.0 Å². The standard InChI is InChI=1S/C19H22N2O5S/c1-12-4-6-16(8-13(12)2)27(23,24)21-14(3)19(22)20-10-15-5-7-17-18(9-15)26-11-25-17/h4-9,14,21H,10-11H2,1-3H3,(H,20,22)/t14-/m1/s1. The second-order valence-electron chi connectivity index (χ2n) is 6.49. The zero-order chi connectivity index (χ0) is 19.6. The maximum atomic E-state index is 12.5. The number of nitrogens with one attached hydrogen (secondary N) is 2. The molecule has 27 heavy (non-hydrogen) atoms. The molecule has 0 aromatic heterocycles. The van der Waals surface area contributed by atoms with E-state index >= 15 is 0 Å². The molecular formula is C19H22N2O5S. The molecule has 2 aromatic carbocycles. The summed E-state index contributed by atoms with van der Waals surface area (Å²) in [7, 11) is -3.78. The van der Waals surface area contributed by atoms with Crippen LogP contribution in [0.4, 0.5) is 0 Å². The van der Waals surface area contributed by atoms with Crippen molar-refractivity contribution in [2.24, 2.45) is 0 Å². The lowest BCUT2D eigenvalue weighted by Gasteiger charge is -2.15. The summed E-state index contributed by atoms with van der Waals surface area (Å²) in [4.78, 5) is 12.4. The summed E-state index contributed by atoms with van der Waals surface area (Å²) in [6.07, 6.45) is 0. The highest BCUT2D eigenvalue weighted by molar-refractivity contribution is 7.89. The zero-order valence-corrected chi connectivity index (χ0v) is 16.2. The van der Waals surface area contributed by atoms with Gasteiger partial charge in [-0.25, -0.2) is 8.42 Å². The Hall–Kier alpha value is -2.58. The maximum absolute atomic E-state index is 12.5. The van der Waals surface area contributed by atoms with Crippen molar-refractivity contribution in [3.63, 3.8) is 0 Å². The molecule has 1 amide bonds. The molecule has 8 heteroatoms. The lowest BCUT2D eigenvalue weighted by Crippen LogP contribution is -2.44. The van der Waals surface area contributed by atoms with E-state index in [0.717, 1.165) is 16.7 Å². The highest BCUT2D eigenvalue weighted by Gasteiger charge is 2.22. The summed E-state index contributed by atoms with van der Waals surface area (Å²) in [5.41, 5.74) is 2.71. The molecular weight excluding hydrogens is 368 g/mol. The van der Waals surface area contributed by atoms with Crippen LogP contribution in [0.5, 0.6) is 11.5 Å². The van der Waals surface area contributed by atoms with E-state index in [1.54, 1.807) is 24.3 Å². The van der Waals surface area contributed by atoms with Gasteiger partial charge in [0.1, 0.15) is 0 Å². The zero-order valence-electron chi connectivity index (χ0n) is 15.4. The topological polar surface area (TPSA) is 93.7 Å². The van der Waals surface area contributed by atoms with Crippen molar-refractivity contribution >= 4 is 15.9 Å². The van der Waals surface area contributed by atoms with Gasteiger partial charge in [-0.1, -0.05) is 12.1 Å². The van der Waals surface area contributed by atoms with E-state index in [0.29, 0.717) is 11.5 Å². The Morgan fingerprint density at radius 1 is 1.07 bits per heavy atom. The van der Waals surface area contributed by atoms with Crippen molar-refractivity contribution in [2.45, 2.75) is 38.3 Å². The van der Waals surface area contributed by atoms with E-state index in [9.17, 15) is 13.2 Å². The van der Waals surface area contributed by atoms with Crippen LogP contribution in [0, 0.1) is 13.8 Å². The number of aryl methyl sites for hydroxylation is 2. The Morgan fingerprint density at radius 2 is 1.81 bits per heavy atom. The number of sulfonamides is 1. The van der Waals surface area contributed by atoms with Gasteiger partial charge >= 0.3 is 0 Å². The molecule has 1 heterocycles. The first kappa shape index (κ1) is 19.2. The first-order valence-electron chi connectivity index (χ1n) is 8.52. The second kappa shape index (κ2) is 7.58. The molecule has 0 saturated heterocycles. The van der Waals surface area contributed by atoms with Gasteiger partial charge in [-0.05, 0) is 61.7 Å². The number of hydrogen-bond acceptors (Lipinski definition) is 5. The quantitative estimate of drug-likeness (QED) is 0.787. The molecule has 0 unspecified atom stereocenters. The van der Waals surface area contributed by atoms with E-state index in [1.165, 1.54) is 13.0 Å². The number of carbonyl (C=O) groups excluding carboxylic acids is 1. The van der Waals surface area contributed by atoms with E-state index in [2.05, 4.69) is 10.0 Å². The van der Waals surface area contributed by atoms with Crippen molar-refractivity contribution in [3.05, 3.63) is 53.1 Å². The normalized spacial score (nSPS) is 14.0. The van der Waals surface area contributed by atoms with Crippen molar-refractivity contribution in [2.75, 3.05) is 6.79 Å². The van der Waals surface area contributed by atoms with Crippen molar-refractivity contribution in [1.82, 2.24) is 10.0 Å². The van der Waals surface area contributed by atoms with Gasteiger partial charge < -0.3 is 14.8 Å². The van der Waals surface area contributed by atoms with Crippen LogP contribution in [0.3, 0.4) is 0 Å². The molecule has 0 radical (unpaired) electrons. The average molecular weight is 390 g/mol. The number of carbonyl (C=O) groups is 1. The SMILES string of the molecule is Cc1ccc(S(=O)(=O)N[C@H](C)C(=O)NCc2ccc3c(c2)OCO3)cc1C. The Morgan fingerprint density at radius 3 is 2.56 bits per heavy atom. The number of fused-ring (bicyclic) bond motifs is 1. The van der Waals surface area contributed by atoms with Gasteiger partial charge in [-0.3, -0.25) is 4.79 Å². The molecule has 1 atom stereocenters. The van der Waals surface area contributed by atoms with Gasteiger partial charge in [0, 0.05) is 6.54 Å². The highest BCUT2D eigenvalue weighted by Crippen LogP contribution is 2.32. The van der Waals surface area contributed by atoms with Crippen molar-refractivity contribution in [3.8, 4) is 11.5 Å². The summed E-state index contributed by atoms with van der Waals surface area (Å²) in [5, 5.41) is 2.72. The fourth-order valence-electron chi connectivity index (χ4n) is 2.63. The minimum atomic E-state index is -3.78. The van der Waals surface area contributed by atoms with Crippen LogP contribution in [0.2, 0.25) is 0 Å². The minimum Gasteiger partial charge on any atom is -0.454 e. The summed E-state index contributed by atoms with van der Waals surface area (Å²) >= 11 is 0. The Balaban J connectivity index is 1.60. The summed E-state index contributed by atoms with van der Waals surface area (Å²) < 4.78 is 37.9. The molecule has 144 valence electrons. The number of hydrogen-bond donors (Lipinski definition) is 2. The van der Waals surface area contributed by atoms with Crippen LogP contribution in [-0.4, -0.2) is 27.2 Å². The van der Waals surface area contributed by atoms with Crippen LogP contribution in [-0.2, 0) is 21.4 Å². The molecule has 3 rings (SSSR count). The van der Waals surface area contributed by atoms with Gasteiger partial charge in [0.15, 0.2) is 11.5 Å². The predicted molar refractivity (Wildman–Crippen MR) is 100 cm³/mol. The van der Waals surface area contributed by atoms with Gasteiger partial charge in [-0.15, -0.1) is 0 Å². The first-order valence-corrected chi connectivity index (χ1v) is 10.0. The fraction of sp³-hybridized carbons (Fsp3) is 0.316. The summed E-state index contributed by atoms with van der Waals surface area (Å²) in [6, 6.07) is 9.33. The lowest BCUT2D eigenvalue weighted by molar-refractivity contribution is -0.122. The van der Waals surface area contributed by atoms with Crippen molar-refractivity contribution < 1.29 is 22.7 Å². The largest absolute Gasteiger partial charge is 0.454 e. The molecule has 0 spiro atoms. The monoisotopic (exact) mass is 390 g/mol. The van der Waals surface area contributed by atoms with Crippen LogP contribution < -0.4 is 19.5 Å². The van der Waals surface area contributed by atoms with Gasteiger partial charge in [0.2, 0.25) is 22.7 Å². The third-order valence-electron chi connectivity index (χ3n) is 4.42. The van der Waals surface area contributed by atoms with Gasteiger partial charge in [0.05, 0.1) is 10.9 Å². The molecule has 7 nitrogen and oxygen atoms in total. The average Bonchev–Trinajstić information content (AvgIpc) is 3.09. The Labute approximate surface area is 158 Å². The summed E-state index contributed by atoms with van der Waals surface area (Å²) in [5.74, 6) is 0.880. The van der Waals surface area contributed by atoms with Gasteiger partial charge in [-0.2, -0.15) is 4.72 Å². The molecule has 1 aliphatic rings. The number of benzene rings is 2. The van der Waals surface area contributed by atoms with Crippen LogP contribution >= 0.6 is 0 Å². The van der Waals surface area contributed by atoms with E-state index in [4.69, 9.17) is 9.47 Å². The fourth-order valence-corrected chi connectivity index (χ4v) is 3.92. The molecule has 2 aromatic rings.